The van der Waals surface area contributed by atoms with Crippen LogP contribution in [-0.2, 0) is 4.74 Å². The Bertz CT molecular complexity index is 476. The van der Waals surface area contributed by atoms with Gasteiger partial charge in [-0.2, -0.15) is 0 Å². The number of amides is 2. The number of anilines is 1. The van der Waals surface area contributed by atoms with E-state index in [0.29, 0.717) is 13.2 Å². The first-order valence-electron chi connectivity index (χ1n) is 7.55. The van der Waals surface area contributed by atoms with Crippen LogP contribution in [0.3, 0.4) is 0 Å². The minimum Gasteiger partial charge on any atom is -0.497 e. The number of nitrogens with one attached hydrogen (secondary N) is 1. The van der Waals surface area contributed by atoms with Crippen molar-refractivity contribution < 1.29 is 14.3 Å². The van der Waals surface area contributed by atoms with Crippen LogP contribution in [-0.4, -0.2) is 69.4 Å². The minimum absolute atomic E-state index is 0.0797. The summed E-state index contributed by atoms with van der Waals surface area (Å²) in [4.78, 5) is 16.1. The maximum Gasteiger partial charge on any atom is 0.321 e. The van der Waals surface area contributed by atoms with E-state index in [1.807, 2.05) is 38.4 Å². The number of ether oxygens (including phenoxy) is 2. The van der Waals surface area contributed by atoms with Crippen LogP contribution in [0.4, 0.5) is 10.5 Å². The van der Waals surface area contributed by atoms with E-state index in [2.05, 4.69) is 10.2 Å². The summed E-state index contributed by atoms with van der Waals surface area (Å²) < 4.78 is 10.9. The molecule has 0 bridgehead atoms. The third kappa shape index (κ3) is 4.89. The van der Waals surface area contributed by atoms with Crippen molar-refractivity contribution in [1.82, 2.24) is 9.80 Å². The fourth-order valence-corrected chi connectivity index (χ4v) is 2.33. The third-order valence-electron chi connectivity index (χ3n) is 3.67. The number of benzene rings is 1. The van der Waals surface area contributed by atoms with Gasteiger partial charge in [-0.3, -0.25) is 0 Å². The number of hydrogen-bond donors (Lipinski definition) is 1. The number of methoxy groups -OCH3 is 1. The SMILES string of the molecule is COc1ccc(NC(=O)N2CCC(OCCN(C)C)C2)cc1. The Hall–Kier alpha value is -1.79. The number of carbonyl (C=O) groups excluding carboxylic acids is 1. The molecule has 1 heterocycles. The van der Waals surface area contributed by atoms with E-state index in [0.717, 1.165) is 30.9 Å². The van der Waals surface area contributed by atoms with Crippen molar-refractivity contribution in [1.29, 1.82) is 0 Å². The Morgan fingerprint density at radius 1 is 1.36 bits per heavy atom. The first-order chi connectivity index (χ1) is 10.6. The smallest absolute Gasteiger partial charge is 0.321 e. The molecule has 1 unspecified atom stereocenters. The highest BCUT2D eigenvalue weighted by Crippen LogP contribution is 2.17. The van der Waals surface area contributed by atoms with Crippen molar-refractivity contribution in [3.63, 3.8) is 0 Å². The molecule has 1 aromatic rings. The number of likely N-dealkylation sites (tertiary alicyclic amines) is 1. The summed E-state index contributed by atoms with van der Waals surface area (Å²) in [6, 6.07) is 7.23. The van der Waals surface area contributed by atoms with E-state index in [1.54, 1.807) is 12.0 Å². The van der Waals surface area contributed by atoms with E-state index < -0.39 is 0 Å². The molecule has 6 nitrogen and oxygen atoms in total. The first kappa shape index (κ1) is 16.6. The second kappa shape index (κ2) is 8.00. The van der Waals surface area contributed by atoms with E-state index in [1.165, 1.54) is 0 Å². The van der Waals surface area contributed by atoms with Crippen LogP contribution in [0, 0.1) is 0 Å². The van der Waals surface area contributed by atoms with Gasteiger partial charge in [0, 0.05) is 25.3 Å². The summed E-state index contributed by atoms with van der Waals surface area (Å²) in [5.41, 5.74) is 0.766. The highest BCUT2D eigenvalue weighted by Gasteiger charge is 2.26. The van der Waals surface area contributed by atoms with Crippen molar-refractivity contribution in [2.45, 2.75) is 12.5 Å². The number of carbonyl (C=O) groups is 1. The molecular weight excluding hydrogens is 282 g/mol. The zero-order valence-electron chi connectivity index (χ0n) is 13.5. The molecule has 1 aliphatic rings. The molecular formula is C16H25N3O3. The lowest BCUT2D eigenvalue weighted by atomic mass is 10.3. The maximum absolute atomic E-state index is 12.2. The van der Waals surface area contributed by atoms with E-state index >= 15 is 0 Å². The summed E-state index contributed by atoms with van der Waals surface area (Å²) in [5, 5.41) is 2.90. The van der Waals surface area contributed by atoms with Crippen molar-refractivity contribution in [3.05, 3.63) is 24.3 Å². The zero-order chi connectivity index (χ0) is 15.9. The number of likely N-dealkylation sites (N-methyl/N-ethyl adjacent to an activating group) is 1. The molecule has 1 saturated heterocycles. The second-order valence-corrected chi connectivity index (χ2v) is 5.69. The summed E-state index contributed by atoms with van der Waals surface area (Å²) in [5.74, 6) is 0.772. The standard InChI is InChI=1S/C16H25N3O3/c1-18(2)10-11-22-15-8-9-19(12-15)16(20)17-13-4-6-14(21-3)7-5-13/h4-7,15H,8-12H2,1-3H3,(H,17,20). The molecule has 0 radical (unpaired) electrons. The number of hydrogen-bond acceptors (Lipinski definition) is 4. The van der Waals surface area contributed by atoms with Crippen LogP contribution in [0.25, 0.3) is 0 Å². The van der Waals surface area contributed by atoms with Gasteiger partial charge in [0.05, 0.1) is 19.8 Å². The fourth-order valence-electron chi connectivity index (χ4n) is 2.33. The zero-order valence-corrected chi connectivity index (χ0v) is 13.5. The quantitative estimate of drug-likeness (QED) is 0.872. The summed E-state index contributed by atoms with van der Waals surface area (Å²) in [6.07, 6.45) is 1.03. The molecule has 1 N–H and O–H groups in total. The van der Waals surface area contributed by atoms with Crippen LogP contribution >= 0.6 is 0 Å². The molecule has 0 aromatic heterocycles. The summed E-state index contributed by atoms with van der Waals surface area (Å²) in [6.45, 7) is 2.98. The largest absolute Gasteiger partial charge is 0.497 e. The van der Waals surface area contributed by atoms with Gasteiger partial charge in [0.15, 0.2) is 0 Å². The Morgan fingerprint density at radius 2 is 2.09 bits per heavy atom. The van der Waals surface area contributed by atoms with Gasteiger partial charge < -0.3 is 24.6 Å². The molecule has 6 heteroatoms. The van der Waals surface area contributed by atoms with E-state index in [-0.39, 0.29) is 12.1 Å². The average molecular weight is 307 g/mol. The van der Waals surface area contributed by atoms with Crippen LogP contribution in [0.1, 0.15) is 6.42 Å². The lowest BCUT2D eigenvalue weighted by Gasteiger charge is -2.18. The number of urea groups is 1. The molecule has 1 fully saturated rings. The molecule has 1 aromatic carbocycles. The lowest BCUT2D eigenvalue weighted by Crippen LogP contribution is -2.34. The normalized spacial score (nSPS) is 17.8. The molecule has 1 atom stereocenters. The Kier molecular flexibility index (Phi) is 6.03. The van der Waals surface area contributed by atoms with Crippen molar-refractivity contribution >= 4 is 11.7 Å². The van der Waals surface area contributed by atoms with Crippen LogP contribution < -0.4 is 10.1 Å². The van der Waals surface area contributed by atoms with Gasteiger partial charge in [-0.1, -0.05) is 0 Å². The Balaban J connectivity index is 1.76. The number of nitrogens with zero attached hydrogens (tertiary/aromatic N) is 2. The molecule has 1 aliphatic heterocycles. The van der Waals surface area contributed by atoms with E-state index in [9.17, 15) is 4.79 Å². The second-order valence-electron chi connectivity index (χ2n) is 5.69. The number of rotatable bonds is 6. The molecule has 0 spiro atoms. The lowest BCUT2D eigenvalue weighted by molar-refractivity contribution is 0.0522. The van der Waals surface area contributed by atoms with Gasteiger partial charge in [-0.05, 0) is 44.8 Å². The van der Waals surface area contributed by atoms with Gasteiger partial charge in [0.1, 0.15) is 5.75 Å². The minimum atomic E-state index is -0.0797. The first-order valence-corrected chi connectivity index (χ1v) is 7.55. The highest BCUT2D eigenvalue weighted by molar-refractivity contribution is 5.89. The molecule has 2 amide bonds. The van der Waals surface area contributed by atoms with Crippen LogP contribution in [0.2, 0.25) is 0 Å². The summed E-state index contributed by atoms with van der Waals surface area (Å²) in [7, 11) is 5.66. The van der Waals surface area contributed by atoms with Crippen molar-refractivity contribution in [2.75, 3.05) is 52.8 Å². The maximum atomic E-state index is 12.2. The average Bonchev–Trinajstić information content (AvgIpc) is 2.96. The topological polar surface area (TPSA) is 54.0 Å². The predicted octanol–water partition coefficient (Wildman–Crippen LogP) is 1.88. The predicted molar refractivity (Wildman–Crippen MR) is 86.5 cm³/mol. The van der Waals surface area contributed by atoms with E-state index in [4.69, 9.17) is 9.47 Å². The third-order valence-corrected chi connectivity index (χ3v) is 3.67. The van der Waals surface area contributed by atoms with Crippen LogP contribution in [0.15, 0.2) is 24.3 Å². The Labute approximate surface area is 132 Å². The molecule has 122 valence electrons. The molecule has 22 heavy (non-hydrogen) atoms. The van der Waals surface area contributed by atoms with Gasteiger partial charge in [0.25, 0.3) is 0 Å². The molecule has 2 rings (SSSR count). The summed E-state index contributed by atoms with van der Waals surface area (Å²) >= 11 is 0. The van der Waals surface area contributed by atoms with Crippen molar-refractivity contribution in [2.24, 2.45) is 0 Å². The van der Waals surface area contributed by atoms with Gasteiger partial charge in [-0.15, -0.1) is 0 Å². The van der Waals surface area contributed by atoms with Crippen molar-refractivity contribution in [3.8, 4) is 5.75 Å². The fraction of sp³-hybridized carbons (Fsp3) is 0.562. The van der Waals surface area contributed by atoms with Crippen LogP contribution in [0.5, 0.6) is 5.75 Å². The monoisotopic (exact) mass is 307 g/mol. The molecule has 0 aliphatic carbocycles. The Morgan fingerprint density at radius 3 is 2.73 bits per heavy atom. The van der Waals surface area contributed by atoms with Gasteiger partial charge in [0.2, 0.25) is 0 Å². The van der Waals surface area contributed by atoms with Gasteiger partial charge in [-0.25, -0.2) is 4.79 Å². The van der Waals surface area contributed by atoms with Gasteiger partial charge >= 0.3 is 6.03 Å². The molecule has 0 saturated carbocycles. The highest BCUT2D eigenvalue weighted by atomic mass is 16.5.